The lowest BCUT2D eigenvalue weighted by Crippen LogP contribution is -2.27. The van der Waals surface area contributed by atoms with Crippen LogP contribution in [0.1, 0.15) is 11.3 Å². The Bertz CT molecular complexity index is 949. The molecule has 0 unspecified atom stereocenters. The molecule has 0 fully saturated rings. The fourth-order valence-electron chi connectivity index (χ4n) is 2.23. The van der Waals surface area contributed by atoms with Crippen LogP contribution in [0.15, 0.2) is 65.2 Å². The first kappa shape index (κ1) is 20.9. The number of nitro groups is 1. The van der Waals surface area contributed by atoms with Crippen LogP contribution in [0.5, 0.6) is 0 Å². The third-order valence-corrected chi connectivity index (χ3v) is 3.49. The van der Waals surface area contributed by atoms with Gasteiger partial charge in [-0.25, -0.2) is 4.52 Å². The third kappa shape index (κ3) is 6.71. The second-order valence-corrected chi connectivity index (χ2v) is 5.57. The van der Waals surface area contributed by atoms with Gasteiger partial charge in [-0.3, -0.25) is 10.1 Å². The highest BCUT2D eigenvalue weighted by Gasteiger charge is 2.20. The molecule has 0 amide bonds. The summed E-state index contributed by atoms with van der Waals surface area (Å²) in [5.74, 6) is 0.788. The van der Waals surface area contributed by atoms with Crippen LogP contribution in [0.3, 0.4) is 0 Å². The summed E-state index contributed by atoms with van der Waals surface area (Å²) < 4.78 is 46.4. The highest BCUT2D eigenvalue weighted by atomic mass is 19.5. The molecule has 0 N–H and O–H groups in total. The van der Waals surface area contributed by atoms with E-state index in [0.29, 0.717) is 0 Å². The van der Waals surface area contributed by atoms with Crippen molar-refractivity contribution in [1.82, 2.24) is 0 Å². The standard InChI is InChI=1S/C18H15N2O3.BF4/c1-19-17(13-18(23-19)15-5-3-2-4-6-15)12-9-14-7-10-16(11-8-14)20(21)22;2-1(3,4)5/h2-13H,1H3;/q+1;-1/b12-9+;. The maximum Gasteiger partial charge on any atom is 0.673 e. The largest absolute Gasteiger partial charge is 0.673 e. The molecule has 0 radical (unpaired) electrons. The van der Waals surface area contributed by atoms with Gasteiger partial charge in [0.15, 0.2) is 7.05 Å². The number of hydrogen-bond acceptors (Lipinski definition) is 3. The highest BCUT2D eigenvalue weighted by Crippen LogP contribution is 2.20. The summed E-state index contributed by atoms with van der Waals surface area (Å²) >= 11 is 0. The zero-order valence-corrected chi connectivity index (χ0v) is 14.6. The number of nitro benzene ring substituents is 1. The summed E-state index contributed by atoms with van der Waals surface area (Å²) in [6.07, 6.45) is 3.81. The van der Waals surface area contributed by atoms with Crippen LogP contribution < -0.4 is 4.74 Å². The Labute approximate surface area is 157 Å². The van der Waals surface area contributed by atoms with E-state index in [4.69, 9.17) is 4.52 Å². The first-order valence-corrected chi connectivity index (χ1v) is 7.99. The van der Waals surface area contributed by atoms with Crippen LogP contribution in [0.4, 0.5) is 23.0 Å². The van der Waals surface area contributed by atoms with Crippen LogP contribution in [-0.2, 0) is 7.05 Å². The van der Waals surface area contributed by atoms with Crippen molar-refractivity contribution in [1.29, 1.82) is 0 Å². The van der Waals surface area contributed by atoms with Crippen molar-refractivity contribution in [2.75, 3.05) is 0 Å². The second kappa shape index (κ2) is 8.98. The molecule has 5 nitrogen and oxygen atoms in total. The van der Waals surface area contributed by atoms with Crippen molar-refractivity contribution < 1.29 is 31.4 Å². The quantitative estimate of drug-likeness (QED) is 0.202. The molecule has 28 heavy (non-hydrogen) atoms. The second-order valence-electron chi connectivity index (χ2n) is 5.57. The molecule has 0 bridgehead atoms. The van der Waals surface area contributed by atoms with Gasteiger partial charge in [0.25, 0.3) is 11.4 Å². The summed E-state index contributed by atoms with van der Waals surface area (Å²) in [7, 11) is -4.16. The Kier molecular flexibility index (Phi) is 6.70. The summed E-state index contributed by atoms with van der Waals surface area (Å²) in [6, 6.07) is 18.2. The zero-order chi connectivity index (χ0) is 20.7. The first-order valence-electron chi connectivity index (χ1n) is 7.99. The average molecular weight is 394 g/mol. The van der Waals surface area contributed by atoms with Crippen LogP contribution in [0.2, 0.25) is 0 Å². The molecule has 146 valence electrons. The summed E-state index contributed by atoms with van der Waals surface area (Å²) in [4.78, 5) is 10.2. The molecule has 0 aliphatic rings. The minimum Gasteiger partial charge on any atom is -0.418 e. The minimum atomic E-state index is -6.00. The molecule has 0 spiro atoms. The van der Waals surface area contributed by atoms with Crippen molar-refractivity contribution in [2.45, 2.75) is 0 Å². The molecular formula is C18H15BF4N2O3. The normalized spacial score (nSPS) is 11.2. The van der Waals surface area contributed by atoms with Crippen LogP contribution in [0, 0.1) is 10.1 Å². The first-order chi connectivity index (χ1) is 13.1. The molecule has 0 aliphatic carbocycles. The smallest absolute Gasteiger partial charge is 0.418 e. The Morgan fingerprint density at radius 3 is 2.11 bits per heavy atom. The van der Waals surface area contributed by atoms with Gasteiger partial charge in [0.05, 0.1) is 11.0 Å². The molecule has 3 rings (SSSR count). The van der Waals surface area contributed by atoms with E-state index in [1.165, 1.54) is 12.1 Å². The predicted molar refractivity (Wildman–Crippen MR) is 97.5 cm³/mol. The van der Waals surface area contributed by atoms with Gasteiger partial charge in [-0.1, -0.05) is 30.3 Å². The van der Waals surface area contributed by atoms with Crippen molar-refractivity contribution in [2.24, 2.45) is 7.05 Å². The van der Waals surface area contributed by atoms with E-state index in [1.54, 1.807) is 16.9 Å². The predicted octanol–water partition coefficient (Wildman–Crippen LogP) is 5.15. The van der Waals surface area contributed by atoms with E-state index >= 15 is 0 Å². The number of rotatable bonds is 4. The number of hydrogen-bond donors (Lipinski definition) is 0. The highest BCUT2D eigenvalue weighted by molar-refractivity contribution is 6.50. The van der Waals surface area contributed by atoms with Gasteiger partial charge in [-0.15, -0.1) is 0 Å². The number of benzene rings is 2. The maximum absolute atomic E-state index is 10.6. The molecule has 0 saturated carbocycles. The Morgan fingerprint density at radius 1 is 1.00 bits per heavy atom. The summed E-state index contributed by atoms with van der Waals surface area (Å²) in [5.41, 5.74) is 2.89. The number of halogens is 4. The van der Waals surface area contributed by atoms with E-state index in [1.807, 2.05) is 55.6 Å². The number of aromatic nitrogens is 1. The summed E-state index contributed by atoms with van der Waals surface area (Å²) in [5, 5.41) is 10.6. The number of non-ortho nitro benzene ring substituents is 1. The molecule has 1 aromatic heterocycles. The number of nitrogens with zero attached hydrogens (tertiary/aromatic N) is 2. The van der Waals surface area contributed by atoms with E-state index in [2.05, 4.69) is 0 Å². The topological polar surface area (TPSA) is 60.2 Å². The summed E-state index contributed by atoms with van der Waals surface area (Å²) in [6.45, 7) is 0. The molecule has 0 atom stereocenters. The Hall–Kier alpha value is -3.43. The van der Waals surface area contributed by atoms with Gasteiger partial charge < -0.3 is 17.3 Å². The maximum atomic E-state index is 10.6. The van der Waals surface area contributed by atoms with Gasteiger partial charge >= 0.3 is 7.25 Å². The molecule has 1 heterocycles. The van der Waals surface area contributed by atoms with Crippen LogP contribution >= 0.6 is 0 Å². The van der Waals surface area contributed by atoms with Crippen molar-refractivity contribution in [3.63, 3.8) is 0 Å². The minimum absolute atomic E-state index is 0.0855. The third-order valence-electron chi connectivity index (χ3n) is 3.49. The van der Waals surface area contributed by atoms with Crippen molar-refractivity contribution in [3.05, 3.63) is 82.0 Å². The molecule has 0 saturated heterocycles. The molecule has 10 heteroatoms. The molecule has 3 aromatic rings. The molecule has 0 aliphatic heterocycles. The van der Waals surface area contributed by atoms with Gasteiger partial charge in [0.1, 0.15) is 0 Å². The van der Waals surface area contributed by atoms with E-state index in [0.717, 1.165) is 22.6 Å². The van der Waals surface area contributed by atoms with E-state index in [9.17, 15) is 27.4 Å². The lowest BCUT2D eigenvalue weighted by Gasteiger charge is -1.94. The van der Waals surface area contributed by atoms with Crippen LogP contribution in [-0.4, -0.2) is 12.2 Å². The monoisotopic (exact) mass is 394 g/mol. The van der Waals surface area contributed by atoms with Gasteiger partial charge in [0.2, 0.25) is 5.76 Å². The van der Waals surface area contributed by atoms with Crippen molar-refractivity contribution in [3.8, 4) is 11.3 Å². The fourth-order valence-corrected chi connectivity index (χ4v) is 2.23. The SMILES string of the molecule is C[n+]1oc(-c2ccccc2)cc1/C=C/c1ccc([N+](=O)[O-])cc1.F[B-](F)(F)F. The van der Waals surface area contributed by atoms with Gasteiger partial charge in [-0.05, 0) is 28.5 Å². The van der Waals surface area contributed by atoms with Gasteiger partial charge in [-0.2, -0.15) is 0 Å². The average Bonchev–Trinajstić information content (AvgIpc) is 3.00. The molecular weight excluding hydrogens is 379 g/mol. The lowest BCUT2D eigenvalue weighted by molar-refractivity contribution is -0.844. The Balaban J connectivity index is 0.000000500. The zero-order valence-electron chi connectivity index (χ0n) is 14.6. The van der Waals surface area contributed by atoms with Gasteiger partial charge in [0, 0.05) is 23.8 Å². The fraction of sp³-hybridized carbons (Fsp3) is 0.0556. The lowest BCUT2D eigenvalue weighted by atomic mass is 10.1. The van der Waals surface area contributed by atoms with Crippen LogP contribution in [0.25, 0.3) is 23.5 Å². The molecule has 2 aromatic carbocycles. The number of aryl methyl sites for hydroxylation is 1. The van der Waals surface area contributed by atoms with Crippen molar-refractivity contribution >= 4 is 25.1 Å². The van der Waals surface area contributed by atoms with E-state index in [-0.39, 0.29) is 5.69 Å². The van der Waals surface area contributed by atoms with E-state index < -0.39 is 12.2 Å². The Morgan fingerprint density at radius 2 is 1.57 bits per heavy atom.